The monoisotopic (exact) mass is 502 g/mol. The molecule has 2 heterocycles. The molecular weight excluding hydrogens is 480 g/mol. The number of nitrogens with zero attached hydrogens (tertiary/aromatic N) is 2. The average molecular weight is 503 g/mol. The van der Waals surface area contributed by atoms with Crippen LogP contribution in [0.4, 0.5) is 10.3 Å². The van der Waals surface area contributed by atoms with E-state index in [2.05, 4.69) is 44.9 Å². The molecule has 2 aliphatic carbocycles. The highest BCUT2D eigenvalue weighted by Crippen LogP contribution is 2.39. The molecule has 2 aromatic carbocycles. The number of amides is 2. The molecule has 0 unspecified atom stereocenters. The Hall–Kier alpha value is -3.40. The van der Waals surface area contributed by atoms with Gasteiger partial charge in [0.05, 0.1) is 11.4 Å². The minimum absolute atomic E-state index is 0.226. The van der Waals surface area contributed by atoms with E-state index >= 15 is 0 Å². The summed E-state index contributed by atoms with van der Waals surface area (Å²) in [6.07, 6.45) is 3.79. The number of nitrogens with one attached hydrogen (secondary N) is 2. The number of hydrogen-bond acceptors (Lipinski definition) is 7. The number of thiazole rings is 2. The van der Waals surface area contributed by atoms with Gasteiger partial charge in [-0.15, -0.1) is 22.7 Å². The van der Waals surface area contributed by atoms with E-state index in [4.69, 9.17) is 4.74 Å². The van der Waals surface area contributed by atoms with Crippen LogP contribution in [-0.4, -0.2) is 35.0 Å². The molecule has 0 aliphatic heterocycles. The first-order valence-electron chi connectivity index (χ1n) is 11.5. The zero-order valence-electron chi connectivity index (χ0n) is 18.8. The summed E-state index contributed by atoms with van der Waals surface area (Å²) in [6.45, 7) is -0.452. The van der Waals surface area contributed by atoms with Gasteiger partial charge in [-0.2, -0.15) is 0 Å². The summed E-state index contributed by atoms with van der Waals surface area (Å²) in [5.74, 6) is -0.669. The summed E-state index contributed by atoms with van der Waals surface area (Å²) in [4.78, 5) is 36.3. The molecule has 6 rings (SSSR count). The standard InChI is InChI=1S/C26H22N4O3S2/c31-21(27-25-29-23-17-7-3-1-5-15(17)9-11-19(23)34-25)13-33-14-22(32)28-26-30-24-18-8-4-2-6-16(18)10-12-20(24)35-26/h1-8H,9-14H2,(H,27,29,31)(H,28,30,32). The normalized spacial score (nSPS) is 13.3. The third-order valence-corrected chi connectivity index (χ3v) is 8.20. The van der Waals surface area contributed by atoms with Crippen LogP contribution in [0.25, 0.3) is 22.5 Å². The van der Waals surface area contributed by atoms with Crippen molar-refractivity contribution in [1.82, 2.24) is 9.97 Å². The van der Waals surface area contributed by atoms with Crippen molar-refractivity contribution < 1.29 is 14.3 Å². The number of aryl methyl sites for hydroxylation is 4. The van der Waals surface area contributed by atoms with Gasteiger partial charge in [-0.1, -0.05) is 48.5 Å². The minimum Gasteiger partial charge on any atom is -0.362 e. The second-order valence-electron chi connectivity index (χ2n) is 8.49. The summed E-state index contributed by atoms with van der Waals surface area (Å²) < 4.78 is 5.35. The summed E-state index contributed by atoms with van der Waals surface area (Å²) in [5, 5.41) is 6.70. The van der Waals surface area contributed by atoms with Crippen molar-refractivity contribution in [3.63, 3.8) is 0 Å². The van der Waals surface area contributed by atoms with Gasteiger partial charge >= 0.3 is 0 Å². The fraction of sp³-hybridized carbons (Fsp3) is 0.231. The molecule has 0 saturated carbocycles. The molecule has 2 aromatic heterocycles. The first-order chi connectivity index (χ1) is 17.1. The summed E-state index contributed by atoms with van der Waals surface area (Å²) in [7, 11) is 0. The van der Waals surface area contributed by atoms with Gasteiger partial charge in [0.25, 0.3) is 11.8 Å². The highest BCUT2D eigenvalue weighted by atomic mass is 32.1. The Bertz CT molecular complexity index is 1330. The number of carbonyl (C=O) groups excluding carboxylic acids is 2. The van der Waals surface area contributed by atoms with Crippen molar-refractivity contribution in [2.75, 3.05) is 23.8 Å². The minimum atomic E-state index is -0.335. The second-order valence-corrected chi connectivity index (χ2v) is 10.7. The van der Waals surface area contributed by atoms with E-state index in [1.165, 1.54) is 43.6 Å². The van der Waals surface area contributed by atoms with Crippen LogP contribution in [-0.2, 0) is 40.0 Å². The average Bonchev–Trinajstić information content (AvgIpc) is 3.47. The molecule has 7 nitrogen and oxygen atoms in total. The van der Waals surface area contributed by atoms with Crippen LogP contribution in [0, 0.1) is 0 Å². The highest BCUT2D eigenvalue weighted by Gasteiger charge is 2.22. The third kappa shape index (κ3) is 4.50. The second kappa shape index (κ2) is 9.33. The number of hydrogen-bond donors (Lipinski definition) is 2. The molecule has 2 N–H and O–H groups in total. The fourth-order valence-corrected chi connectivity index (χ4v) is 6.54. The van der Waals surface area contributed by atoms with Gasteiger partial charge in [0.15, 0.2) is 10.3 Å². The Balaban J connectivity index is 1.01. The first-order valence-corrected chi connectivity index (χ1v) is 13.1. The Morgan fingerprint density at radius 1 is 0.714 bits per heavy atom. The quantitative estimate of drug-likeness (QED) is 0.398. The molecule has 176 valence electrons. The van der Waals surface area contributed by atoms with E-state index in [0.717, 1.165) is 48.2 Å². The van der Waals surface area contributed by atoms with Crippen LogP contribution in [0.3, 0.4) is 0 Å². The zero-order valence-corrected chi connectivity index (χ0v) is 20.4. The number of ether oxygens (including phenoxy) is 1. The predicted octanol–water partition coefficient (Wildman–Crippen LogP) is 4.72. The SMILES string of the molecule is O=C(COCC(=O)Nc1nc2c(s1)CCc1ccccc1-2)Nc1nc2c(s1)CCc1ccccc1-2. The summed E-state index contributed by atoms with van der Waals surface area (Å²) in [6, 6.07) is 16.5. The predicted molar refractivity (Wildman–Crippen MR) is 138 cm³/mol. The highest BCUT2D eigenvalue weighted by molar-refractivity contribution is 7.16. The molecular formula is C26H22N4O3S2. The smallest absolute Gasteiger partial charge is 0.252 e. The lowest BCUT2D eigenvalue weighted by molar-refractivity contribution is -0.125. The van der Waals surface area contributed by atoms with E-state index < -0.39 is 0 Å². The molecule has 2 aliphatic rings. The molecule has 0 fully saturated rings. The van der Waals surface area contributed by atoms with E-state index in [0.29, 0.717) is 10.3 Å². The van der Waals surface area contributed by atoms with Gasteiger partial charge in [0.1, 0.15) is 13.2 Å². The molecule has 0 radical (unpaired) electrons. The summed E-state index contributed by atoms with van der Waals surface area (Å²) in [5.41, 5.74) is 6.71. The molecule has 0 bridgehead atoms. The Morgan fingerprint density at radius 2 is 1.17 bits per heavy atom. The van der Waals surface area contributed by atoms with E-state index in [-0.39, 0.29) is 25.0 Å². The van der Waals surface area contributed by atoms with Crippen LogP contribution >= 0.6 is 22.7 Å². The van der Waals surface area contributed by atoms with Crippen molar-refractivity contribution in [2.45, 2.75) is 25.7 Å². The van der Waals surface area contributed by atoms with Crippen molar-refractivity contribution in [3.05, 3.63) is 69.4 Å². The maximum Gasteiger partial charge on any atom is 0.252 e. The molecule has 0 atom stereocenters. The van der Waals surface area contributed by atoms with E-state index in [9.17, 15) is 9.59 Å². The number of carbonyl (C=O) groups is 2. The van der Waals surface area contributed by atoms with Crippen LogP contribution in [0.5, 0.6) is 0 Å². The third-order valence-electron chi connectivity index (χ3n) is 6.14. The number of fused-ring (bicyclic) bond motifs is 6. The Kier molecular flexibility index (Phi) is 5.89. The van der Waals surface area contributed by atoms with Crippen molar-refractivity contribution in [2.24, 2.45) is 0 Å². The molecule has 4 aromatic rings. The lowest BCUT2D eigenvalue weighted by Gasteiger charge is -2.13. The molecule has 0 spiro atoms. The van der Waals surface area contributed by atoms with Crippen molar-refractivity contribution in [3.8, 4) is 22.5 Å². The van der Waals surface area contributed by atoms with Crippen LogP contribution < -0.4 is 10.6 Å². The molecule has 0 saturated heterocycles. The van der Waals surface area contributed by atoms with Gasteiger partial charge in [0.2, 0.25) is 0 Å². The Labute approximate surface area is 210 Å². The maximum atomic E-state index is 12.3. The number of aromatic nitrogens is 2. The van der Waals surface area contributed by atoms with Crippen LogP contribution in [0.1, 0.15) is 20.9 Å². The summed E-state index contributed by atoms with van der Waals surface area (Å²) >= 11 is 2.98. The molecule has 9 heteroatoms. The van der Waals surface area contributed by atoms with E-state index in [1.54, 1.807) is 0 Å². The van der Waals surface area contributed by atoms with Gasteiger partial charge in [-0.05, 0) is 36.8 Å². The fourth-order valence-electron chi connectivity index (χ4n) is 4.55. The number of benzene rings is 2. The van der Waals surface area contributed by atoms with Crippen molar-refractivity contribution in [1.29, 1.82) is 0 Å². The van der Waals surface area contributed by atoms with Gasteiger partial charge in [-0.25, -0.2) is 9.97 Å². The van der Waals surface area contributed by atoms with E-state index in [1.807, 2.05) is 24.3 Å². The number of anilines is 2. The largest absolute Gasteiger partial charge is 0.362 e. The van der Waals surface area contributed by atoms with Gasteiger partial charge < -0.3 is 4.74 Å². The topological polar surface area (TPSA) is 93.2 Å². The van der Waals surface area contributed by atoms with Crippen LogP contribution in [0.15, 0.2) is 48.5 Å². The van der Waals surface area contributed by atoms with Gasteiger partial charge in [0, 0.05) is 20.9 Å². The number of rotatable bonds is 6. The first kappa shape index (κ1) is 22.1. The maximum absolute atomic E-state index is 12.3. The zero-order chi connectivity index (χ0) is 23.8. The molecule has 35 heavy (non-hydrogen) atoms. The lowest BCUT2D eigenvalue weighted by atomic mass is 9.94. The lowest BCUT2D eigenvalue weighted by Crippen LogP contribution is -2.23. The van der Waals surface area contributed by atoms with Gasteiger partial charge in [-0.3, -0.25) is 20.2 Å². The van der Waals surface area contributed by atoms with Crippen LogP contribution in [0.2, 0.25) is 0 Å². The Morgan fingerprint density at radius 3 is 1.66 bits per heavy atom. The van der Waals surface area contributed by atoms with Crippen molar-refractivity contribution >= 4 is 44.8 Å². The molecule has 2 amide bonds.